The number of aryl methyl sites for hydroxylation is 1. The topological polar surface area (TPSA) is 76.5 Å². The fraction of sp³-hybridized carbons (Fsp3) is 0.640. The first-order chi connectivity index (χ1) is 15.4. The lowest BCUT2D eigenvalue weighted by Crippen LogP contribution is -2.43. The number of nitrogens with zero attached hydrogens (tertiary/aromatic N) is 3. The zero-order valence-corrected chi connectivity index (χ0v) is 20.0. The van der Waals surface area contributed by atoms with Crippen molar-refractivity contribution in [1.29, 1.82) is 0 Å². The van der Waals surface area contributed by atoms with Gasteiger partial charge in [0.2, 0.25) is 11.8 Å². The molecule has 7 nitrogen and oxygen atoms in total. The van der Waals surface area contributed by atoms with Crippen LogP contribution in [0.15, 0.2) is 24.3 Å². The smallest absolute Gasteiger partial charge is 0.249 e. The molecule has 2 amide bonds. The Morgan fingerprint density at radius 3 is 2.59 bits per heavy atom. The molecule has 0 bridgehead atoms. The average Bonchev–Trinajstić information content (AvgIpc) is 3.39. The van der Waals surface area contributed by atoms with Gasteiger partial charge in [-0.15, -0.1) is 0 Å². The van der Waals surface area contributed by atoms with Gasteiger partial charge < -0.3 is 19.5 Å². The number of amides is 2. The number of ether oxygens (including phenoxy) is 1. The Balaban J connectivity index is 1.56. The van der Waals surface area contributed by atoms with Gasteiger partial charge in [-0.1, -0.05) is 18.6 Å². The summed E-state index contributed by atoms with van der Waals surface area (Å²) in [5.74, 6) is 1.09. The summed E-state index contributed by atoms with van der Waals surface area (Å²) < 4.78 is 7.49. The molecule has 0 aliphatic carbocycles. The van der Waals surface area contributed by atoms with Gasteiger partial charge in [0.1, 0.15) is 18.5 Å². The molecule has 1 aliphatic rings. The molecule has 0 saturated carbocycles. The quantitative estimate of drug-likeness (QED) is 0.539. The highest BCUT2D eigenvalue weighted by Gasteiger charge is 2.23. The van der Waals surface area contributed by atoms with Gasteiger partial charge in [-0.3, -0.25) is 9.59 Å². The van der Waals surface area contributed by atoms with Gasteiger partial charge in [0, 0.05) is 31.7 Å². The predicted molar refractivity (Wildman–Crippen MR) is 126 cm³/mol. The molecule has 1 N–H and O–H groups in total. The number of unbranched alkanes of at least 4 members (excludes halogenated alkanes) is 2. The van der Waals surface area contributed by atoms with Crippen molar-refractivity contribution in [2.45, 2.75) is 91.0 Å². The summed E-state index contributed by atoms with van der Waals surface area (Å²) in [5.41, 5.74) is 1.94. The van der Waals surface area contributed by atoms with E-state index in [1.807, 2.05) is 29.2 Å². The number of carbonyl (C=O) groups excluding carboxylic acids is 2. The third kappa shape index (κ3) is 6.09. The van der Waals surface area contributed by atoms with Crippen LogP contribution in [0.5, 0.6) is 0 Å². The van der Waals surface area contributed by atoms with Crippen LogP contribution < -0.4 is 5.32 Å². The molecule has 1 aliphatic heterocycles. The molecule has 1 unspecified atom stereocenters. The highest BCUT2D eigenvalue weighted by Crippen LogP contribution is 2.19. The summed E-state index contributed by atoms with van der Waals surface area (Å²) in [6, 6.07) is 8.33. The van der Waals surface area contributed by atoms with Gasteiger partial charge in [-0.2, -0.15) is 0 Å². The van der Waals surface area contributed by atoms with Crippen LogP contribution in [0.2, 0.25) is 0 Å². The molecule has 1 aromatic carbocycles. The third-order valence-electron chi connectivity index (χ3n) is 6.03. The number of fused-ring (bicyclic) bond motifs is 1. The summed E-state index contributed by atoms with van der Waals surface area (Å²) in [6.07, 6.45) is 5.22. The molecule has 3 rings (SSSR count). The first kappa shape index (κ1) is 24.2. The van der Waals surface area contributed by atoms with Gasteiger partial charge in [0.05, 0.1) is 11.0 Å². The van der Waals surface area contributed by atoms with Crippen molar-refractivity contribution in [3.63, 3.8) is 0 Å². The molecule has 176 valence electrons. The van der Waals surface area contributed by atoms with E-state index in [1.165, 1.54) is 0 Å². The normalized spacial score (nSPS) is 16.2. The predicted octanol–water partition coefficient (Wildman–Crippen LogP) is 3.69. The Morgan fingerprint density at radius 1 is 1.16 bits per heavy atom. The Hall–Kier alpha value is -2.41. The highest BCUT2D eigenvalue weighted by molar-refractivity contribution is 5.82. The van der Waals surface area contributed by atoms with Crippen LogP contribution in [0, 0.1) is 0 Å². The van der Waals surface area contributed by atoms with E-state index >= 15 is 0 Å². The molecular weight excluding hydrogens is 404 g/mol. The third-order valence-corrected chi connectivity index (χ3v) is 6.03. The molecule has 1 aromatic heterocycles. The zero-order valence-electron chi connectivity index (χ0n) is 20.0. The van der Waals surface area contributed by atoms with Crippen LogP contribution in [0.25, 0.3) is 11.0 Å². The molecular formula is C25H38N4O3. The number of rotatable bonds is 11. The second-order valence-corrected chi connectivity index (χ2v) is 9.19. The molecule has 1 fully saturated rings. The van der Waals surface area contributed by atoms with E-state index in [9.17, 15) is 9.59 Å². The van der Waals surface area contributed by atoms with Crippen molar-refractivity contribution >= 4 is 22.8 Å². The molecule has 1 atom stereocenters. The number of para-hydroxylation sites is 2. The van der Waals surface area contributed by atoms with Crippen LogP contribution in [0.3, 0.4) is 0 Å². The molecule has 2 heterocycles. The zero-order chi connectivity index (χ0) is 23.1. The van der Waals surface area contributed by atoms with E-state index < -0.39 is 0 Å². The van der Waals surface area contributed by atoms with Crippen molar-refractivity contribution in [3.8, 4) is 0 Å². The summed E-state index contributed by atoms with van der Waals surface area (Å²) in [7, 11) is 0. The standard InChI is InChI=1S/C25H38N4O3/c1-18(2)29(19(3)4)24(30)17-28-21-12-8-7-11-20(21)27-23(28)14-6-5-9-15-26-25(31)22-13-10-16-32-22/h7-8,11-12,18-19,22H,5-6,9-10,13-17H2,1-4H3,(H,26,31). The molecule has 32 heavy (non-hydrogen) atoms. The Bertz CT molecular complexity index is 892. The minimum absolute atomic E-state index is 0.0164. The first-order valence-corrected chi connectivity index (χ1v) is 12.0. The highest BCUT2D eigenvalue weighted by atomic mass is 16.5. The number of carbonyl (C=O) groups is 2. The number of aromatic nitrogens is 2. The second-order valence-electron chi connectivity index (χ2n) is 9.19. The van der Waals surface area contributed by atoms with Crippen LogP contribution in [-0.4, -0.2) is 57.6 Å². The maximum absolute atomic E-state index is 13.1. The summed E-state index contributed by atoms with van der Waals surface area (Å²) in [4.78, 5) is 31.9. The van der Waals surface area contributed by atoms with Gasteiger partial charge in [0.15, 0.2) is 0 Å². The van der Waals surface area contributed by atoms with Gasteiger partial charge >= 0.3 is 0 Å². The van der Waals surface area contributed by atoms with Crippen LogP contribution in [-0.2, 0) is 27.3 Å². The molecule has 0 radical (unpaired) electrons. The van der Waals surface area contributed by atoms with Crippen LogP contribution >= 0.6 is 0 Å². The lowest BCUT2D eigenvalue weighted by Gasteiger charge is -2.31. The van der Waals surface area contributed by atoms with E-state index in [-0.39, 0.29) is 30.0 Å². The SMILES string of the molecule is CC(C)N(C(=O)Cn1c(CCCCCNC(=O)C2CCCO2)nc2ccccc21)C(C)C. The number of imidazole rings is 1. The lowest BCUT2D eigenvalue weighted by atomic mass is 10.1. The van der Waals surface area contributed by atoms with Crippen molar-refractivity contribution in [1.82, 2.24) is 19.8 Å². The van der Waals surface area contributed by atoms with E-state index in [4.69, 9.17) is 9.72 Å². The maximum Gasteiger partial charge on any atom is 0.249 e. The van der Waals surface area contributed by atoms with Crippen molar-refractivity contribution in [2.75, 3.05) is 13.2 Å². The van der Waals surface area contributed by atoms with E-state index in [1.54, 1.807) is 0 Å². The van der Waals surface area contributed by atoms with E-state index in [0.717, 1.165) is 55.4 Å². The Kier molecular flexibility index (Phi) is 8.67. The van der Waals surface area contributed by atoms with Crippen molar-refractivity contribution < 1.29 is 14.3 Å². The largest absolute Gasteiger partial charge is 0.368 e. The maximum atomic E-state index is 13.1. The fourth-order valence-electron chi connectivity index (χ4n) is 4.58. The number of hydrogen-bond donors (Lipinski definition) is 1. The molecule has 1 saturated heterocycles. The lowest BCUT2D eigenvalue weighted by molar-refractivity contribution is -0.135. The minimum atomic E-state index is -0.260. The monoisotopic (exact) mass is 442 g/mol. The number of benzene rings is 1. The molecule has 7 heteroatoms. The first-order valence-electron chi connectivity index (χ1n) is 12.0. The Labute approximate surface area is 191 Å². The molecule has 2 aromatic rings. The van der Waals surface area contributed by atoms with Gasteiger partial charge in [0.25, 0.3) is 0 Å². The summed E-state index contributed by atoms with van der Waals surface area (Å²) >= 11 is 0. The van der Waals surface area contributed by atoms with Crippen LogP contribution in [0.4, 0.5) is 0 Å². The average molecular weight is 443 g/mol. The molecule has 0 spiro atoms. The fourth-order valence-corrected chi connectivity index (χ4v) is 4.58. The van der Waals surface area contributed by atoms with Gasteiger partial charge in [-0.05, 0) is 65.5 Å². The van der Waals surface area contributed by atoms with Gasteiger partial charge in [-0.25, -0.2) is 4.98 Å². The van der Waals surface area contributed by atoms with E-state index in [0.29, 0.717) is 19.7 Å². The van der Waals surface area contributed by atoms with Crippen LogP contribution in [0.1, 0.15) is 65.6 Å². The number of nitrogens with one attached hydrogen (secondary N) is 1. The minimum Gasteiger partial charge on any atom is -0.368 e. The summed E-state index contributed by atoms with van der Waals surface area (Å²) in [6.45, 7) is 9.90. The van der Waals surface area contributed by atoms with E-state index in [2.05, 4.69) is 37.6 Å². The van der Waals surface area contributed by atoms with Crippen molar-refractivity contribution in [3.05, 3.63) is 30.1 Å². The summed E-state index contributed by atoms with van der Waals surface area (Å²) in [5, 5.41) is 2.98. The van der Waals surface area contributed by atoms with Crippen molar-refractivity contribution in [2.24, 2.45) is 0 Å². The second kappa shape index (κ2) is 11.5. The Morgan fingerprint density at radius 2 is 1.91 bits per heavy atom. The number of hydrogen-bond acceptors (Lipinski definition) is 4.